The van der Waals surface area contributed by atoms with Crippen molar-refractivity contribution in [3.63, 3.8) is 0 Å². The van der Waals surface area contributed by atoms with Crippen LogP contribution >= 0.6 is 11.8 Å². The highest BCUT2D eigenvalue weighted by Crippen LogP contribution is 2.06. The Morgan fingerprint density at radius 1 is 2.00 bits per heavy atom. The van der Waals surface area contributed by atoms with Crippen LogP contribution in [0, 0.1) is 10.7 Å². The van der Waals surface area contributed by atoms with Gasteiger partial charge in [0.15, 0.2) is 0 Å². The van der Waals surface area contributed by atoms with E-state index in [0.29, 0.717) is 0 Å². The Labute approximate surface area is 51.3 Å². The normalized spacial score (nSPS) is 12.0. The fourth-order valence-corrected chi connectivity index (χ4v) is 0.388. The third kappa shape index (κ3) is 2.48. The standard InChI is InChI=1S/C4H5NO2S/c1-3(4(6)7)8-2-5/h3H,1H3,(H,6,7)/t3-/m0/s1. The molecule has 0 aromatic rings. The molecule has 0 unspecified atom stereocenters. The van der Waals surface area contributed by atoms with Gasteiger partial charge in [-0.3, -0.25) is 4.79 Å². The van der Waals surface area contributed by atoms with Gasteiger partial charge in [-0.2, -0.15) is 5.26 Å². The molecule has 0 bridgehead atoms. The first-order chi connectivity index (χ1) is 3.68. The lowest BCUT2D eigenvalue weighted by molar-refractivity contribution is -0.136. The Morgan fingerprint density at radius 2 is 2.50 bits per heavy atom. The number of nitriles is 1. The fraction of sp³-hybridized carbons (Fsp3) is 0.500. The molecule has 0 aliphatic carbocycles. The van der Waals surface area contributed by atoms with Crippen LogP contribution in [0.4, 0.5) is 0 Å². The zero-order valence-corrected chi connectivity index (χ0v) is 5.10. The summed E-state index contributed by atoms with van der Waals surface area (Å²) in [5, 5.41) is 17.1. The molecule has 8 heavy (non-hydrogen) atoms. The number of aliphatic carboxylic acids is 1. The summed E-state index contributed by atoms with van der Waals surface area (Å²) >= 11 is 0.745. The van der Waals surface area contributed by atoms with E-state index < -0.39 is 11.2 Å². The fourth-order valence-electron chi connectivity index (χ4n) is 0.129. The first-order valence-corrected chi connectivity index (χ1v) is 2.84. The van der Waals surface area contributed by atoms with Crippen molar-refractivity contribution in [1.82, 2.24) is 0 Å². The molecular formula is C4H5NO2S. The monoisotopic (exact) mass is 131 g/mol. The van der Waals surface area contributed by atoms with E-state index in [9.17, 15) is 4.79 Å². The van der Waals surface area contributed by atoms with Crippen LogP contribution in [0.15, 0.2) is 0 Å². The quantitative estimate of drug-likeness (QED) is 0.559. The minimum atomic E-state index is -0.948. The third-order valence-corrected chi connectivity index (χ3v) is 1.24. The van der Waals surface area contributed by atoms with Crippen LogP contribution in [0.1, 0.15) is 6.92 Å². The van der Waals surface area contributed by atoms with Crippen LogP contribution in [0.2, 0.25) is 0 Å². The molecule has 0 aromatic heterocycles. The second-order valence-corrected chi connectivity index (χ2v) is 2.31. The summed E-state index contributed by atoms with van der Waals surface area (Å²) in [6.07, 6.45) is 0. The van der Waals surface area contributed by atoms with Gasteiger partial charge in [-0.1, -0.05) is 0 Å². The Kier molecular flexibility index (Phi) is 3.04. The van der Waals surface area contributed by atoms with E-state index in [1.165, 1.54) is 6.92 Å². The Hall–Kier alpha value is -0.690. The maximum Gasteiger partial charge on any atom is 0.317 e. The van der Waals surface area contributed by atoms with E-state index in [1.807, 2.05) is 0 Å². The van der Waals surface area contributed by atoms with Crippen molar-refractivity contribution in [2.24, 2.45) is 0 Å². The molecule has 1 N–H and O–H groups in total. The topological polar surface area (TPSA) is 61.1 Å². The first-order valence-electron chi connectivity index (χ1n) is 1.96. The van der Waals surface area contributed by atoms with Gasteiger partial charge in [-0.15, -0.1) is 0 Å². The van der Waals surface area contributed by atoms with Crippen molar-refractivity contribution in [3.05, 3.63) is 0 Å². The summed E-state index contributed by atoms with van der Waals surface area (Å²) in [5.41, 5.74) is 0. The van der Waals surface area contributed by atoms with E-state index in [2.05, 4.69) is 0 Å². The Morgan fingerprint density at radius 3 is 2.62 bits per heavy atom. The number of hydrogen-bond acceptors (Lipinski definition) is 3. The van der Waals surface area contributed by atoms with Crippen molar-refractivity contribution < 1.29 is 9.90 Å². The minimum Gasteiger partial charge on any atom is -0.480 e. The summed E-state index contributed by atoms with van der Waals surface area (Å²) in [6, 6.07) is 0. The lowest BCUT2D eigenvalue weighted by atomic mass is 10.5. The molecule has 3 nitrogen and oxygen atoms in total. The predicted molar refractivity (Wildman–Crippen MR) is 30.3 cm³/mol. The molecule has 4 heteroatoms. The minimum absolute atomic E-state index is 0.611. The van der Waals surface area contributed by atoms with Gasteiger partial charge in [0, 0.05) is 0 Å². The van der Waals surface area contributed by atoms with Crippen LogP contribution in [0.25, 0.3) is 0 Å². The van der Waals surface area contributed by atoms with Crippen molar-refractivity contribution in [2.45, 2.75) is 12.2 Å². The average Bonchev–Trinajstić information content (AvgIpc) is 1.67. The van der Waals surface area contributed by atoms with Crippen LogP contribution in [0.5, 0.6) is 0 Å². The van der Waals surface area contributed by atoms with E-state index in [4.69, 9.17) is 10.4 Å². The molecule has 0 heterocycles. The number of carboxylic acid groups (broad SMARTS) is 1. The highest BCUT2D eigenvalue weighted by atomic mass is 32.2. The maximum absolute atomic E-state index is 9.92. The highest BCUT2D eigenvalue weighted by Gasteiger charge is 2.09. The SMILES string of the molecule is C[C@H](SC#N)C(=O)O. The maximum atomic E-state index is 9.92. The molecule has 0 fully saturated rings. The summed E-state index contributed by atoms with van der Waals surface area (Å²) in [5.74, 6) is -0.948. The molecule has 0 aliphatic rings. The lowest BCUT2D eigenvalue weighted by Crippen LogP contribution is -2.09. The molecule has 0 spiro atoms. The molecule has 1 atom stereocenters. The third-order valence-electron chi connectivity index (χ3n) is 0.577. The second-order valence-electron chi connectivity index (χ2n) is 1.19. The average molecular weight is 131 g/mol. The number of thioether (sulfide) groups is 1. The van der Waals surface area contributed by atoms with Crippen molar-refractivity contribution >= 4 is 17.7 Å². The highest BCUT2D eigenvalue weighted by molar-refractivity contribution is 8.04. The number of rotatable bonds is 2. The van der Waals surface area contributed by atoms with Crippen molar-refractivity contribution in [1.29, 1.82) is 5.26 Å². The molecule has 0 aromatic carbocycles. The molecule has 0 saturated heterocycles. The van der Waals surface area contributed by atoms with Crippen LogP contribution in [0.3, 0.4) is 0 Å². The molecule has 0 rings (SSSR count). The number of nitrogens with zero attached hydrogens (tertiary/aromatic N) is 1. The Balaban J connectivity index is 3.52. The summed E-state index contributed by atoms with van der Waals surface area (Å²) < 4.78 is 0. The molecule has 44 valence electrons. The van der Waals surface area contributed by atoms with E-state index in [0.717, 1.165) is 11.8 Å². The van der Waals surface area contributed by atoms with Crippen molar-refractivity contribution in [3.8, 4) is 5.40 Å². The molecule has 0 aliphatic heterocycles. The summed E-state index contributed by atoms with van der Waals surface area (Å²) in [6.45, 7) is 1.47. The Bertz CT molecular complexity index is 128. The van der Waals surface area contributed by atoms with Gasteiger partial charge in [0.1, 0.15) is 10.7 Å². The second kappa shape index (κ2) is 3.33. The van der Waals surface area contributed by atoms with Crippen LogP contribution in [-0.2, 0) is 4.79 Å². The number of carboxylic acids is 1. The zero-order chi connectivity index (χ0) is 6.57. The van der Waals surface area contributed by atoms with E-state index in [1.54, 1.807) is 5.40 Å². The van der Waals surface area contributed by atoms with E-state index >= 15 is 0 Å². The number of thiocyanates is 1. The smallest absolute Gasteiger partial charge is 0.317 e. The number of hydrogen-bond donors (Lipinski definition) is 1. The largest absolute Gasteiger partial charge is 0.480 e. The molecular weight excluding hydrogens is 126 g/mol. The summed E-state index contributed by atoms with van der Waals surface area (Å²) in [4.78, 5) is 9.92. The van der Waals surface area contributed by atoms with Gasteiger partial charge in [0.25, 0.3) is 0 Å². The van der Waals surface area contributed by atoms with Gasteiger partial charge in [-0.05, 0) is 18.7 Å². The molecule has 0 saturated carbocycles. The van der Waals surface area contributed by atoms with Gasteiger partial charge >= 0.3 is 5.97 Å². The lowest BCUT2D eigenvalue weighted by Gasteiger charge is -1.93. The van der Waals surface area contributed by atoms with Crippen molar-refractivity contribution in [2.75, 3.05) is 0 Å². The predicted octanol–water partition coefficient (Wildman–Crippen LogP) is 0.674. The summed E-state index contributed by atoms with van der Waals surface area (Å²) in [7, 11) is 0. The van der Waals surface area contributed by atoms with Gasteiger partial charge < -0.3 is 5.11 Å². The van der Waals surface area contributed by atoms with Crippen LogP contribution in [-0.4, -0.2) is 16.3 Å². The van der Waals surface area contributed by atoms with Gasteiger partial charge in [0.05, 0.1) is 0 Å². The zero-order valence-electron chi connectivity index (χ0n) is 4.29. The number of carbonyl (C=O) groups is 1. The molecule has 0 radical (unpaired) electrons. The van der Waals surface area contributed by atoms with Crippen LogP contribution < -0.4 is 0 Å². The van der Waals surface area contributed by atoms with Gasteiger partial charge in [-0.25, -0.2) is 0 Å². The molecule has 0 amide bonds. The van der Waals surface area contributed by atoms with E-state index in [-0.39, 0.29) is 0 Å². The van der Waals surface area contributed by atoms with Gasteiger partial charge in [0.2, 0.25) is 0 Å². The first kappa shape index (κ1) is 7.31.